The number of likely N-dealkylation sites (N-methyl/N-ethyl adjacent to an activating group) is 1. The Labute approximate surface area is 93.4 Å². The van der Waals surface area contributed by atoms with Gasteiger partial charge >= 0.3 is 0 Å². The topological polar surface area (TPSA) is 58.7 Å². The zero-order valence-corrected chi connectivity index (χ0v) is 10.1. The predicted octanol–water partition coefficient (Wildman–Crippen LogP) is 0.445. The third-order valence-electron chi connectivity index (χ3n) is 2.38. The standard InChI is InChI=1S/C11H26N2O2/c1-3-15-11(9-12)10-13(2)7-5-4-6-8-14/h11,14H,3-10,12H2,1-2H3. The smallest absolute Gasteiger partial charge is 0.0823 e. The van der Waals surface area contributed by atoms with Gasteiger partial charge in [-0.05, 0) is 39.8 Å². The average Bonchev–Trinajstić information content (AvgIpc) is 2.24. The monoisotopic (exact) mass is 218 g/mol. The van der Waals surface area contributed by atoms with Crippen LogP contribution < -0.4 is 5.73 Å². The van der Waals surface area contributed by atoms with Crippen molar-refractivity contribution in [2.75, 3.05) is 39.9 Å². The number of aliphatic hydroxyl groups is 1. The third kappa shape index (κ3) is 8.81. The van der Waals surface area contributed by atoms with Crippen LogP contribution in [0.3, 0.4) is 0 Å². The van der Waals surface area contributed by atoms with Gasteiger partial charge in [-0.15, -0.1) is 0 Å². The Morgan fingerprint density at radius 3 is 2.60 bits per heavy atom. The van der Waals surface area contributed by atoms with E-state index in [2.05, 4.69) is 11.9 Å². The highest BCUT2D eigenvalue weighted by atomic mass is 16.5. The summed E-state index contributed by atoms with van der Waals surface area (Å²) in [6.45, 7) is 5.53. The molecule has 0 rings (SSSR count). The van der Waals surface area contributed by atoms with Gasteiger partial charge in [0.1, 0.15) is 0 Å². The number of nitrogens with zero attached hydrogens (tertiary/aromatic N) is 1. The van der Waals surface area contributed by atoms with Crippen LogP contribution in [0.15, 0.2) is 0 Å². The van der Waals surface area contributed by atoms with Crippen LogP contribution in [0.5, 0.6) is 0 Å². The zero-order valence-electron chi connectivity index (χ0n) is 10.1. The van der Waals surface area contributed by atoms with Crippen molar-refractivity contribution in [2.24, 2.45) is 5.73 Å². The van der Waals surface area contributed by atoms with Gasteiger partial charge in [-0.25, -0.2) is 0 Å². The minimum Gasteiger partial charge on any atom is -0.396 e. The van der Waals surface area contributed by atoms with E-state index in [-0.39, 0.29) is 6.10 Å². The molecule has 0 saturated carbocycles. The summed E-state index contributed by atoms with van der Waals surface area (Å²) in [5, 5.41) is 8.63. The fourth-order valence-corrected chi connectivity index (χ4v) is 1.54. The number of ether oxygens (including phenoxy) is 1. The number of rotatable bonds is 10. The van der Waals surface area contributed by atoms with Crippen LogP contribution >= 0.6 is 0 Å². The molecule has 0 aromatic carbocycles. The van der Waals surface area contributed by atoms with Gasteiger partial charge in [0.25, 0.3) is 0 Å². The van der Waals surface area contributed by atoms with Crippen molar-refractivity contribution in [2.45, 2.75) is 32.3 Å². The molecule has 0 aliphatic heterocycles. The highest BCUT2D eigenvalue weighted by molar-refractivity contribution is 4.64. The number of hydrogen-bond donors (Lipinski definition) is 2. The molecule has 0 bridgehead atoms. The van der Waals surface area contributed by atoms with Crippen molar-refractivity contribution in [3.8, 4) is 0 Å². The lowest BCUT2D eigenvalue weighted by atomic mass is 10.2. The molecule has 4 nitrogen and oxygen atoms in total. The summed E-state index contributed by atoms with van der Waals surface area (Å²) in [6.07, 6.45) is 3.26. The van der Waals surface area contributed by atoms with E-state index in [1.165, 1.54) is 0 Å². The van der Waals surface area contributed by atoms with E-state index in [9.17, 15) is 0 Å². The van der Waals surface area contributed by atoms with Gasteiger partial charge < -0.3 is 20.5 Å². The minimum absolute atomic E-state index is 0.151. The largest absolute Gasteiger partial charge is 0.396 e. The molecule has 0 aliphatic carbocycles. The summed E-state index contributed by atoms with van der Waals surface area (Å²) >= 11 is 0. The predicted molar refractivity (Wildman–Crippen MR) is 62.9 cm³/mol. The van der Waals surface area contributed by atoms with Crippen LogP contribution in [-0.2, 0) is 4.74 Å². The molecule has 15 heavy (non-hydrogen) atoms. The number of nitrogens with two attached hydrogens (primary N) is 1. The number of unbranched alkanes of at least 4 members (excludes halogenated alkanes) is 2. The first kappa shape index (κ1) is 14.8. The molecule has 0 spiro atoms. The van der Waals surface area contributed by atoms with E-state index < -0.39 is 0 Å². The van der Waals surface area contributed by atoms with Crippen LogP contribution in [0, 0.1) is 0 Å². The van der Waals surface area contributed by atoms with Crippen LogP contribution in [0.1, 0.15) is 26.2 Å². The molecule has 1 atom stereocenters. The molecular formula is C11H26N2O2. The molecule has 0 saturated heterocycles. The molecule has 0 aliphatic rings. The van der Waals surface area contributed by atoms with Crippen molar-refractivity contribution in [1.82, 2.24) is 4.90 Å². The fraction of sp³-hybridized carbons (Fsp3) is 1.00. The normalized spacial score (nSPS) is 13.4. The van der Waals surface area contributed by atoms with Gasteiger partial charge in [0, 0.05) is 26.3 Å². The summed E-state index contributed by atoms with van der Waals surface area (Å²) in [7, 11) is 2.08. The first-order valence-electron chi connectivity index (χ1n) is 5.85. The van der Waals surface area contributed by atoms with E-state index in [4.69, 9.17) is 15.6 Å². The quantitative estimate of drug-likeness (QED) is 0.523. The van der Waals surface area contributed by atoms with Gasteiger partial charge in [0.2, 0.25) is 0 Å². The molecule has 1 unspecified atom stereocenters. The summed E-state index contributed by atoms with van der Waals surface area (Å²) in [6, 6.07) is 0. The third-order valence-corrected chi connectivity index (χ3v) is 2.38. The van der Waals surface area contributed by atoms with Crippen LogP contribution in [0.2, 0.25) is 0 Å². The summed E-state index contributed by atoms with van der Waals surface area (Å²) in [5.41, 5.74) is 5.60. The summed E-state index contributed by atoms with van der Waals surface area (Å²) in [5.74, 6) is 0. The Hall–Kier alpha value is -0.160. The first-order valence-corrected chi connectivity index (χ1v) is 5.85. The Kier molecular flexibility index (Phi) is 10.3. The Bertz CT molecular complexity index is 134. The van der Waals surface area contributed by atoms with Gasteiger partial charge in [0.15, 0.2) is 0 Å². The zero-order chi connectivity index (χ0) is 11.5. The van der Waals surface area contributed by atoms with E-state index in [0.717, 1.165) is 39.0 Å². The lowest BCUT2D eigenvalue weighted by Gasteiger charge is -2.22. The number of aliphatic hydroxyl groups excluding tert-OH is 1. The molecule has 0 heterocycles. The molecule has 0 amide bonds. The van der Waals surface area contributed by atoms with E-state index in [0.29, 0.717) is 13.2 Å². The van der Waals surface area contributed by atoms with Crippen LogP contribution in [0.4, 0.5) is 0 Å². The first-order chi connectivity index (χ1) is 7.24. The van der Waals surface area contributed by atoms with E-state index >= 15 is 0 Å². The maximum atomic E-state index is 8.63. The van der Waals surface area contributed by atoms with Gasteiger partial charge in [-0.3, -0.25) is 0 Å². The van der Waals surface area contributed by atoms with Crippen molar-refractivity contribution in [3.63, 3.8) is 0 Å². The molecule has 4 heteroatoms. The van der Waals surface area contributed by atoms with Gasteiger partial charge in [-0.2, -0.15) is 0 Å². The summed E-state index contributed by atoms with van der Waals surface area (Å²) in [4.78, 5) is 2.24. The number of hydrogen-bond acceptors (Lipinski definition) is 4. The van der Waals surface area contributed by atoms with Crippen molar-refractivity contribution < 1.29 is 9.84 Å². The van der Waals surface area contributed by atoms with E-state index in [1.54, 1.807) is 0 Å². The Morgan fingerprint density at radius 2 is 2.07 bits per heavy atom. The second-order valence-corrected chi connectivity index (χ2v) is 3.86. The van der Waals surface area contributed by atoms with Crippen LogP contribution in [0.25, 0.3) is 0 Å². The Morgan fingerprint density at radius 1 is 1.33 bits per heavy atom. The molecule has 0 radical (unpaired) electrons. The summed E-state index contributed by atoms with van der Waals surface area (Å²) < 4.78 is 5.48. The molecule has 0 fully saturated rings. The molecular weight excluding hydrogens is 192 g/mol. The highest BCUT2D eigenvalue weighted by Gasteiger charge is 2.08. The molecule has 92 valence electrons. The van der Waals surface area contributed by atoms with Gasteiger partial charge in [0.05, 0.1) is 6.10 Å². The lowest BCUT2D eigenvalue weighted by molar-refractivity contribution is 0.0449. The molecule has 3 N–H and O–H groups in total. The Balaban J connectivity index is 3.47. The van der Waals surface area contributed by atoms with Crippen LogP contribution in [-0.4, -0.2) is 56.0 Å². The molecule has 0 aromatic rings. The van der Waals surface area contributed by atoms with Crippen molar-refractivity contribution in [3.05, 3.63) is 0 Å². The highest BCUT2D eigenvalue weighted by Crippen LogP contribution is 1.99. The molecule has 0 aromatic heterocycles. The second kappa shape index (κ2) is 10.4. The minimum atomic E-state index is 0.151. The van der Waals surface area contributed by atoms with E-state index in [1.807, 2.05) is 6.92 Å². The van der Waals surface area contributed by atoms with Gasteiger partial charge in [-0.1, -0.05) is 0 Å². The average molecular weight is 218 g/mol. The lowest BCUT2D eigenvalue weighted by Crippen LogP contribution is -2.36. The SMILES string of the molecule is CCOC(CN)CN(C)CCCCCO. The maximum Gasteiger partial charge on any atom is 0.0823 e. The van der Waals surface area contributed by atoms with Crippen molar-refractivity contribution in [1.29, 1.82) is 0 Å². The second-order valence-electron chi connectivity index (χ2n) is 3.86. The fourth-order valence-electron chi connectivity index (χ4n) is 1.54. The maximum absolute atomic E-state index is 8.63. The van der Waals surface area contributed by atoms with Crippen molar-refractivity contribution >= 4 is 0 Å².